The van der Waals surface area contributed by atoms with Crippen LogP contribution >= 0.6 is 0 Å². The predicted octanol–water partition coefficient (Wildman–Crippen LogP) is 7.59. The van der Waals surface area contributed by atoms with Crippen molar-refractivity contribution in [3.05, 3.63) is 108 Å². The summed E-state index contributed by atoms with van der Waals surface area (Å²) in [7, 11) is 0. The largest absolute Gasteiger partial charge is 0.291 e. The molecule has 6 aromatic rings. The Morgan fingerprint density at radius 3 is 1.90 bits per heavy atom. The van der Waals surface area contributed by atoms with Crippen LogP contribution in [-0.2, 0) is 0 Å². The molecule has 2 aromatic heterocycles. The Morgan fingerprint density at radius 2 is 1.19 bits per heavy atom. The standard InChI is InChI=1S/C29H22N2/c1-19-17-25-26(18-20(19)2)31-28(22-13-7-4-8-14-22)27(21-11-5-3-6-12-21)23-15-9-10-16-24(23)29(31)30-25/h3-18H,1-2H3. The topological polar surface area (TPSA) is 17.3 Å². The molecule has 0 aliphatic carbocycles. The van der Waals surface area contributed by atoms with Crippen LogP contribution in [0, 0.1) is 13.8 Å². The summed E-state index contributed by atoms with van der Waals surface area (Å²) in [5.74, 6) is 0. The van der Waals surface area contributed by atoms with E-state index in [-0.39, 0.29) is 0 Å². The first-order chi connectivity index (χ1) is 15.2. The van der Waals surface area contributed by atoms with Gasteiger partial charge >= 0.3 is 0 Å². The smallest absolute Gasteiger partial charge is 0.146 e. The Labute approximate surface area is 181 Å². The molecule has 0 bridgehead atoms. The average Bonchev–Trinajstić information content (AvgIpc) is 3.17. The van der Waals surface area contributed by atoms with Crippen molar-refractivity contribution in [3.8, 4) is 22.4 Å². The van der Waals surface area contributed by atoms with Crippen LogP contribution in [0.5, 0.6) is 0 Å². The second-order valence-corrected chi connectivity index (χ2v) is 8.20. The summed E-state index contributed by atoms with van der Waals surface area (Å²) in [5, 5.41) is 2.40. The lowest BCUT2D eigenvalue weighted by atomic mass is 9.93. The summed E-state index contributed by atoms with van der Waals surface area (Å²) in [6, 6.07) is 34.5. The molecule has 148 valence electrons. The van der Waals surface area contributed by atoms with Crippen molar-refractivity contribution in [2.24, 2.45) is 0 Å². The number of pyridine rings is 1. The van der Waals surface area contributed by atoms with E-state index in [1.54, 1.807) is 0 Å². The Kier molecular flexibility index (Phi) is 3.94. The highest BCUT2D eigenvalue weighted by Gasteiger charge is 2.20. The van der Waals surface area contributed by atoms with Crippen LogP contribution < -0.4 is 0 Å². The second kappa shape index (κ2) is 6.82. The van der Waals surface area contributed by atoms with E-state index in [1.807, 2.05) is 0 Å². The quantitative estimate of drug-likeness (QED) is 0.294. The monoisotopic (exact) mass is 398 g/mol. The SMILES string of the molecule is Cc1cc2nc3c4ccccc4c(-c4ccccc4)c(-c4ccccc4)n3c2cc1C. The first-order valence-corrected chi connectivity index (χ1v) is 10.7. The minimum Gasteiger partial charge on any atom is -0.291 e. The molecule has 0 aliphatic rings. The summed E-state index contributed by atoms with van der Waals surface area (Å²) in [6.45, 7) is 4.33. The van der Waals surface area contributed by atoms with E-state index in [1.165, 1.54) is 44.3 Å². The molecule has 0 saturated carbocycles. The van der Waals surface area contributed by atoms with Gasteiger partial charge in [0.1, 0.15) is 5.65 Å². The van der Waals surface area contributed by atoms with Gasteiger partial charge in [-0.05, 0) is 53.6 Å². The van der Waals surface area contributed by atoms with Gasteiger partial charge in [0.25, 0.3) is 0 Å². The first kappa shape index (κ1) is 17.9. The number of hydrogen-bond donors (Lipinski definition) is 0. The maximum atomic E-state index is 5.13. The summed E-state index contributed by atoms with van der Waals surface area (Å²) in [5.41, 5.74) is 10.6. The lowest BCUT2D eigenvalue weighted by molar-refractivity contribution is 1.24. The van der Waals surface area contributed by atoms with E-state index in [0.717, 1.165) is 16.7 Å². The highest BCUT2D eigenvalue weighted by Crippen LogP contribution is 2.41. The van der Waals surface area contributed by atoms with Crippen molar-refractivity contribution in [2.75, 3.05) is 0 Å². The molecule has 0 fully saturated rings. The molecule has 6 rings (SSSR count). The van der Waals surface area contributed by atoms with Gasteiger partial charge in [0.05, 0.1) is 16.7 Å². The van der Waals surface area contributed by atoms with E-state index in [9.17, 15) is 0 Å². The van der Waals surface area contributed by atoms with Crippen molar-refractivity contribution in [1.82, 2.24) is 9.38 Å². The van der Waals surface area contributed by atoms with Gasteiger partial charge in [-0.1, -0.05) is 84.9 Å². The summed E-state index contributed by atoms with van der Waals surface area (Å²) >= 11 is 0. The van der Waals surface area contributed by atoms with Gasteiger partial charge in [0.2, 0.25) is 0 Å². The molecule has 0 aliphatic heterocycles. The van der Waals surface area contributed by atoms with E-state index in [2.05, 4.69) is 115 Å². The fourth-order valence-corrected chi connectivity index (χ4v) is 4.64. The number of aromatic nitrogens is 2. The van der Waals surface area contributed by atoms with Crippen molar-refractivity contribution in [1.29, 1.82) is 0 Å². The summed E-state index contributed by atoms with van der Waals surface area (Å²) < 4.78 is 2.36. The molecule has 0 unspecified atom stereocenters. The number of aryl methyl sites for hydroxylation is 2. The number of fused-ring (bicyclic) bond motifs is 5. The van der Waals surface area contributed by atoms with Gasteiger partial charge < -0.3 is 0 Å². The third-order valence-corrected chi connectivity index (χ3v) is 6.28. The molecule has 0 N–H and O–H groups in total. The Morgan fingerprint density at radius 1 is 0.613 bits per heavy atom. The van der Waals surface area contributed by atoms with Crippen molar-refractivity contribution in [2.45, 2.75) is 13.8 Å². The zero-order valence-corrected chi connectivity index (χ0v) is 17.6. The van der Waals surface area contributed by atoms with Crippen molar-refractivity contribution in [3.63, 3.8) is 0 Å². The van der Waals surface area contributed by atoms with Crippen LogP contribution in [0.1, 0.15) is 11.1 Å². The number of benzene rings is 4. The highest BCUT2D eigenvalue weighted by atomic mass is 15.0. The minimum atomic E-state index is 1.01. The molecule has 2 heteroatoms. The van der Waals surface area contributed by atoms with Gasteiger partial charge in [-0.15, -0.1) is 0 Å². The molecular formula is C29H22N2. The first-order valence-electron chi connectivity index (χ1n) is 10.7. The van der Waals surface area contributed by atoms with Crippen molar-refractivity contribution < 1.29 is 0 Å². The molecule has 0 atom stereocenters. The molecular weight excluding hydrogens is 376 g/mol. The van der Waals surface area contributed by atoms with Gasteiger partial charge in [0.15, 0.2) is 0 Å². The Hall–Kier alpha value is -3.91. The number of rotatable bonds is 2. The zero-order chi connectivity index (χ0) is 20.9. The fourth-order valence-electron chi connectivity index (χ4n) is 4.64. The van der Waals surface area contributed by atoms with Crippen LogP contribution in [0.15, 0.2) is 97.1 Å². The molecule has 0 amide bonds. The van der Waals surface area contributed by atoms with Crippen molar-refractivity contribution >= 4 is 27.5 Å². The third-order valence-electron chi connectivity index (χ3n) is 6.28. The maximum absolute atomic E-state index is 5.13. The molecule has 2 heterocycles. The van der Waals surface area contributed by atoms with Gasteiger partial charge in [-0.25, -0.2) is 4.98 Å². The van der Waals surface area contributed by atoms with Crippen LogP contribution in [0.25, 0.3) is 49.8 Å². The van der Waals surface area contributed by atoms with Gasteiger partial charge in [0, 0.05) is 10.9 Å². The predicted molar refractivity (Wildman–Crippen MR) is 131 cm³/mol. The molecule has 0 saturated heterocycles. The van der Waals surface area contributed by atoms with Crippen LogP contribution in [0.2, 0.25) is 0 Å². The van der Waals surface area contributed by atoms with Crippen LogP contribution in [0.4, 0.5) is 0 Å². The fraction of sp³-hybridized carbons (Fsp3) is 0.0690. The van der Waals surface area contributed by atoms with E-state index in [0.29, 0.717) is 0 Å². The maximum Gasteiger partial charge on any atom is 0.146 e. The highest BCUT2D eigenvalue weighted by molar-refractivity contribution is 6.11. The second-order valence-electron chi connectivity index (χ2n) is 8.20. The molecule has 0 radical (unpaired) electrons. The number of hydrogen-bond acceptors (Lipinski definition) is 1. The van der Waals surface area contributed by atoms with E-state index >= 15 is 0 Å². The summed E-state index contributed by atoms with van der Waals surface area (Å²) in [4.78, 5) is 5.13. The van der Waals surface area contributed by atoms with Gasteiger partial charge in [-0.2, -0.15) is 0 Å². The average molecular weight is 399 g/mol. The van der Waals surface area contributed by atoms with Gasteiger partial charge in [-0.3, -0.25) is 4.40 Å². The zero-order valence-electron chi connectivity index (χ0n) is 17.6. The molecule has 0 spiro atoms. The molecule has 4 aromatic carbocycles. The minimum absolute atomic E-state index is 1.01. The lowest BCUT2D eigenvalue weighted by Crippen LogP contribution is -1.99. The Balaban J connectivity index is 1.94. The van der Waals surface area contributed by atoms with E-state index < -0.39 is 0 Å². The molecule has 31 heavy (non-hydrogen) atoms. The number of nitrogens with zero attached hydrogens (tertiary/aromatic N) is 2. The molecule has 2 nitrogen and oxygen atoms in total. The third kappa shape index (κ3) is 2.69. The Bertz CT molecular complexity index is 1580. The normalized spacial score (nSPS) is 11.5. The number of imidazole rings is 1. The summed E-state index contributed by atoms with van der Waals surface area (Å²) in [6.07, 6.45) is 0. The van der Waals surface area contributed by atoms with Crippen LogP contribution in [-0.4, -0.2) is 9.38 Å². The van der Waals surface area contributed by atoms with E-state index in [4.69, 9.17) is 4.98 Å². The van der Waals surface area contributed by atoms with Crippen LogP contribution in [0.3, 0.4) is 0 Å². The lowest BCUT2D eigenvalue weighted by Gasteiger charge is -2.18.